The Balaban J connectivity index is 1.73. The fourth-order valence-electron chi connectivity index (χ4n) is 4.13. The third-order valence-corrected chi connectivity index (χ3v) is 7.27. The lowest BCUT2D eigenvalue weighted by atomic mass is 9.97. The minimum atomic E-state index is -1.05. The highest BCUT2D eigenvalue weighted by Crippen LogP contribution is 2.28. The van der Waals surface area contributed by atoms with Crippen molar-refractivity contribution in [3.8, 4) is 0 Å². The summed E-state index contributed by atoms with van der Waals surface area (Å²) in [6.45, 7) is 4.56. The number of halogens is 2. The van der Waals surface area contributed by atoms with Crippen LogP contribution >= 0.6 is 0 Å². The Morgan fingerprint density at radius 1 is 1.15 bits per heavy atom. The van der Waals surface area contributed by atoms with Crippen LogP contribution in [0.2, 0.25) is 0 Å². The SMILES string of the molecule is CCCNC(=O)N[C@@H](Cc1cc(F)cc(F)c1)[C@H](O)CN[C@H]1CS(=O)Cc2ccc(CC)cc21. The van der Waals surface area contributed by atoms with E-state index in [4.69, 9.17) is 0 Å². The van der Waals surface area contributed by atoms with E-state index in [1.165, 1.54) is 17.7 Å². The highest BCUT2D eigenvalue weighted by atomic mass is 32.2. The lowest BCUT2D eigenvalue weighted by Gasteiger charge is -2.30. The number of hydrogen-bond acceptors (Lipinski definition) is 4. The van der Waals surface area contributed by atoms with Crippen molar-refractivity contribution in [2.45, 2.75) is 57.1 Å². The number of urea groups is 1. The number of hydrogen-bond donors (Lipinski definition) is 4. The molecule has 0 spiro atoms. The molecule has 9 heteroatoms. The number of aryl methyl sites for hydroxylation is 1. The summed E-state index contributed by atoms with van der Waals surface area (Å²) in [7, 11) is -1.02. The van der Waals surface area contributed by atoms with Crippen molar-refractivity contribution in [3.63, 3.8) is 0 Å². The van der Waals surface area contributed by atoms with Crippen molar-refractivity contribution >= 4 is 16.8 Å². The molecule has 0 aromatic heterocycles. The van der Waals surface area contributed by atoms with Crippen LogP contribution in [0.4, 0.5) is 13.6 Å². The smallest absolute Gasteiger partial charge is 0.315 e. The van der Waals surface area contributed by atoms with Crippen LogP contribution in [0.15, 0.2) is 36.4 Å². The molecule has 1 heterocycles. The van der Waals surface area contributed by atoms with Crippen LogP contribution in [-0.2, 0) is 29.4 Å². The van der Waals surface area contributed by atoms with E-state index >= 15 is 0 Å². The fraction of sp³-hybridized carbons (Fsp3) is 0.480. The number of aliphatic hydroxyl groups excluding tert-OH is 1. The molecule has 6 nitrogen and oxygen atoms in total. The number of amides is 2. The van der Waals surface area contributed by atoms with E-state index < -0.39 is 40.6 Å². The maximum atomic E-state index is 13.7. The summed E-state index contributed by atoms with van der Waals surface area (Å²) in [5.41, 5.74) is 3.61. The number of fused-ring (bicyclic) bond motifs is 1. The second-order valence-electron chi connectivity index (χ2n) is 8.65. The average Bonchev–Trinajstić information content (AvgIpc) is 2.79. The molecule has 2 aromatic rings. The van der Waals surface area contributed by atoms with E-state index in [0.717, 1.165) is 30.0 Å². The van der Waals surface area contributed by atoms with Gasteiger partial charge in [0.15, 0.2) is 0 Å². The first-order valence-electron chi connectivity index (χ1n) is 11.7. The molecule has 0 fully saturated rings. The third kappa shape index (κ3) is 7.32. The molecule has 34 heavy (non-hydrogen) atoms. The van der Waals surface area contributed by atoms with Crippen molar-refractivity contribution in [2.24, 2.45) is 0 Å². The summed E-state index contributed by atoms with van der Waals surface area (Å²) in [6.07, 6.45) is 0.626. The van der Waals surface area contributed by atoms with Crippen LogP contribution in [0.1, 0.15) is 48.6 Å². The maximum Gasteiger partial charge on any atom is 0.315 e. The van der Waals surface area contributed by atoms with E-state index in [9.17, 15) is 22.9 Å². The van der Waals surface area contributed by atoms with Gasteiger partial charge in [0.2, 0.25) is 0 Å². The Bertz CT molecular complexity index is 1000. The molecule has 1 aliphatic heterocycles. The average molecular weight is 494 g/mol. The van der Waals surface area contributed by atoms with Gasteiger partial charge in [0.05, 0.1) is 12.1 Å². The topological polar surface area (TPSA) is 90.5 Å². The van der Waals surface area contributed by atoms with Gasteiger partial charge in [0.25, 0.3) is 0 Å². The Morgan fingerprint density at radius 2 is 1.88 bits per heavy atom. The zero-order valence-electron chi connectivity index (χ0n) is 19.6. The van der Waals surface area contributed by atoms with Gasteiger partial charge in [-0.15, -0.1) is 0 Å². The summed E-state index contributed by atoms with van der Waals surface area (Å²) in [5.74, 6) is -0.501. The molecule has 0 bridgehead atoms. The molecule has 0 saturated heterocycles. The molecule has 0 radical (unpaired) electrons. The summed E-state index contributed by atoms with van der Waals surface area (Å²) in [5, 5.41) is 19.7. The molecule has 3 rings (SSSR count). The lowest BCUT2D eigenvalue weighted by molar-refractivity contribution is 0.124. The summed E-state index contributed by atoms with van der Waals surface area (Å²) >= 11 is 0. The quantitative estimate of drug-likeness (QED) is 0.410. The monoisotopic (exact) mass is 493 g/mol. The molecule has 1 unspecified atom stereocenters. The number of nitrogens with one attached hydrogen (secondary N) is 3. The zero-order valence-corrected chi connectivity index (χ0v) is 20.4. The van der Waals surface area contributed by atoms with Crippen LogP contribution in [0.5, 0.6) is 0 Å². The van der Waals surface area contributed by atoms with Gasteiger partial charge in [0, 0.05) is 47.5 Å². The molecule has 0 aliphatic carbocycles. The number of benzene rings is 2. The Morgan fingerprint density at radius 3 is 2.56 bits per heavy atom. The summed E-state index contributed by atoms with van der Waals surface area (Å²) in [4.78, 5) is 12.3. The number of carbonyl (C=O) groups excluding carboxylic acids is 1. The van der Waals surface area contributed by atoms with Gasteiger partial charge in [-0.25, -0.2) is 13.6 Å². The highest BCUT2D eigenvalue weighted by Gasteiger charge is 2.27. The largest absolute Gasteiger partial charge is 0.390 e. The van der Waals surface area contributed by atoms with Crippen molar-refractivity contribution < 1.29 is 22.9 Å². The molecule has 1 aliphatic rings. The van der Waals surface area contributed by atoms with E-state index in [2.05, 4.69) is 28.9 Å². The molecule has 4 atom stereocenters. The molecular weight excluding hydrogens is 460 g/mol. The second kappa shape index (κ2) is 12.4. The first-order valence-corrected chi connectivity index (χ1v) is 13.1. The Hall–Kier alpha value is -2.36. The third-order valence-electron chi connectivity index (χ3n) is 5.93. The van der Waals surface area contributed by atoms with Gasteiger partial charge in [-0.1, -0.05) is 32.0 Å². The molecular formula is C25H33F2N3O3S. The summed E-state index contributed by atoms with van der Waals surface area (Å²) < 4.78 is 39.8. The van der Waals surface area contributed by atoms with Gasteiger partial charge >= 0.3 is 6.03 Å². The van der Waals surface area contributed by atoms with Crippen LogP contribution in [0, 0.1) is 11.6 Å². The molecule has 2 amide bonds. The van der Waals surface area contributed by atoms with Gasteiger partial charge in [-0.05, 0) is 53.6 Å². The molecule has 4 N–H and O–H groups in total. The van der Waals surface area contributed by atoms with Gasteiger partial charge in [-0.3, -0.25) is 4.21 Å². The van der Waals surface area contributed by atoms with Crippen molar-refractivity contribution in [1.29, 1.82) is 0 Å². The number of carbonyl (C=O) groups is 1. The maximum absolute atomic E-state index is 13.7. The predicted molar refractivity (Wildman–Crippen MR) is 130 cm³/mol. The predicted octanol–water partition coefficient (Wildman–Crippen LogP) is 3.10. The number of rotatable bonds is 10. The van der Waals surface area contributed by atoms with Crippen molar-refractivity contribution in [1.82, 2.24) is 16.0 Å². The van der Waals surface area contributed by atoms with E-state index in [1.54, 1.807) is 0 Å². The first-order chi connectivity index (χ1) is 16.3. The minimum Gasteiger partial charge on any atom is -0.390 e. The molecule has 2 aromatic carbocycles. The van der Waals surface area contributed by atoms with Crippen LogP contribution in [0.25, 0.3) is 0 Å². The molecule has 0 saturated carbocycles. The van der Waals surface area contributed by atoms with Crippen LogP contribution in [-0.4, -0.2) is 46.3 Å². The van der Waals surface area contributed by atoms with E-state index in [1.807, 2.05) is 19.1 Å². The van der Waals surface area contributed by atoms with Crippen LogP contribution in [0.3, 0.4) is 0 Å². The van der Waals surface area contributed by atoms with E-state index in [0.29, 0.717) is 23.6 Å². The molecule has 186 valence electrons. The van der Waals surface area contributed by atoms with Gasteiger partial charge < -0.3 is 21.1 Å². The lowest BCUT2D eigenvalue weighted by Crippen LogP contribution is -2.52. The number of aliphatic hydroxyl groups is 1. The Kier molecular flexibility index (Phi) is 9.55. The standard InChI is InChI=1S/C25H33F2N3O3S/c1-3-7-28-25(32)30-22(11-17-8-19(26)12-20(27)9-17)24(31)13-29-23-15-34(33)14-18-6-5-16(4-2)10-21(18)23/h5-6,8-10,12,22-24,29,31H,3-4,7,11,13-15H2,1-2H3,(H2,28,30,32)/t22-,23-,24+,34?/m0/s1. The first kappa shape index (κ1) is 26.2. The van der Waals surface area contributed by atoms with Gasteiger partial charge in [0.1, 0.15) is 11.6 Å². The van der Waals surface area contributed by atoms with Gasteiger partial charge in [-0.2, -0.15) is 0 Å². The van der Waals surface area contributed by atoms with Crippen LogP contribution < -0.4 is 16.0 Å². The highest BCUT2D eigenvalue weighted by molar-refractivity contribution is 7.84. The van der Waals surface area contributed by atoms with E-state index in [-0.39, 0.29) is 19.0 Å². The zero-order chi connectivity index (χ0) is 24.7. The van der Waals surface area contributed by atoms with Crippen molar-refractivity contribution in [3.05, 3.63) is 70.3 Å². The second-order valence-corrected chi connectivity index (χ2v) is 10.2. The summed E-state index contributed by atoms with van der Waals surface area (Å²) in [6, 6.07) is 7.87. The Labute approximate surface area is 202 Å². The van der Waals surface area contributed by atoms with Crippen molar-refractivity contribution in [2.75, 3.05) is 18.8 Å². The fourth-order valence-corrected chi connectivity index (χ4v) is 5.52. The normalized spacial score (nSPS) is 19.2. The minimum absolute atomic E-state index is 0.0459.